The summed E-state index contributed by atoms with van der Waals surface area (Å²) in [6.45, 7) is 19.5. The second kappa shape index (κ2) is 15.7. The van der Waals surface area contributed by atoms with E-state index in [2.05, 4.69) is 84.4 Å². The van der Waals surface area contributed by atoms with Crippen molar-refractivity contribution in [3.63, 3.8) is 0 Å². The number of aryl methyl sites for hydroxylation is 1. The fraction of sp³-hybridized carbons (Fsp3) is 0.310. The highest BCUT2D eigenvalue weighted by Gasteiger charge is 2.24. The topological polar surface area (TPSA) is 101 Å². The van der Waals surface area contributed by atoms with Gasteiger partial charge in [-0.1, -0.05) is 48.6 Å². The predicted octanol–water partition coefficient (Wildman–Crippen LogP) is 8.03. The molecule has 0 spiro atoms. The molecule has 0 unspecified atom stereocenters. The Hall–Kier alpha value is -5.27. The van der Waals surface area contributed by atoms with Crippen LogP contribution >= 0.6 is 0 Å². The van der Waals surface area contributed by atoms with Crippen LogP contribution in [0.3, 0.4) is 0 Å². The molecule has 1 aromatic heterocycles. The highest BCUT2D eigenvalue weighted by molar-refractivity contribution is 5.90. The molecule has 1 aliphatic heterocycles. The number of methoxy groups -OCH3 is 1. The lowest BCUT2D eigenvalue weighted by Crippen LogP contribution is -2.28. The van der Waals surface area contributed by atoms with Gasteiger partial charge in [0.25, 0.3) is 6.47 Å². The number of carbonyl (C=O) groups is 1. The number of carbonyl (C=O) groups excluding carboxylic acids is 1. The molecule has 5 aromatic rings. The van der Waals surface area contributed by atoms with Crippen LogP contribution in [0.1, 0.15) is 52.3 Å². The Morgan fingerprint density at radius 2 is 1.80 bits per heavy atom. The van der Waals surface area contributed by atoms with Gasteiger partial charge in [0.2, 0.25) is 11.6 Å². The fourth-order valence-electron chi connectivity index (χ4n) is 6.83. The summed E-state index contributed by atoms with van der Waals surface area (Å²) < 4.78 is 17.2. The van der Waals surface area contributed by atoms with E-state index in [0.717, 1.165) is 74.3 Å². The van der Waals surface area contributed by atoms with Gasteiger partial charge in [0.1, 0.15) is 11.9 Å². The lowest BCUT2D eigenvalue weighted by molar-refractivity contribution is -0.132. The molecule has 4 aromatic carbocycles. The van der Waals surface area contributed by atoms with E-state index in [9.17, 15) is 9.90 Å². The van der Waals surface area contributed by atoms with Gasteiger partial charge >= 0.3 is 0 Å². The zero-order valence-electron chi connectivity index (χ0n) is 29.8. The molecule has 0 saturated carbocycles. The molecule has 2 atom stereocenters. The molecule has 1 saturated heterocycles. The fourth-order valence-corrected chi connectivity index (χ4v) is 6.83. The smallest absolute Gasteiger partial charge is 0.293 e. The van der Waals surface area contributed by atoms with Gasteiger partial charge < -0.3 is 24.3 Å². The first-order chi connectivity index (χ1) is 24.7. The molecule has 262 valence electrons. The lowest BCUT2D eigenvalue weighted by atomic mass is 9.91. The van der Waals surface area contributed by atoms with Gasteiger partial charge in [0.05, 0.1) is 25.8 Å². The number of ether oxygens (including phenoxy) is 2. The maximum absolute atomic E-state index is 10.8. The second-order valence-corrected chi connectivity index (χ2v) is 13.3. The number of hydrogen-bond donors (Lipinski definition) is 2. The molecule has 9 heteroatoms. The maximum atomic E-state index is 10.8. The van der Waals surface area contributed by atoms with Crippen LogP contribution in [-0.2, 0) is 22.6 Å². The van der Waals surface area contributed by atoms with Crippen molar-refractivity contribution >= 4 is 35.4 Å². The lowest BCUT2D eigenvalue weighted by Gasteiger charge is -2.16. The summed E-state index contributed by atoms with van der Waals surface area (Å²) in [6, 6.07) is 20.6. The third kappa shape index (κ3) is 7.74. The van der Waals surface area contributed by atoms with Crippen molar-refractivity contribution in [1.29, 1.82) is 0 Å². The van der Waals surface area contributed by atoms with Crippen LogP contribution in [0.2, 0.25) is 0 Å². The minimum absolute atomic E-state index is 0.00136. The number of aliphatic hydroxyl groups is 1. The summed E-state index contributed by atoms with van der Waals surface area (Å²) in [5.41, 5.74) is 12.2. The minimum atomic E-state index is -0.0952. The number of aromatic nitrogens is 1. The summed E-state index contributed by atoms with van der Waals surface area (Å²) in [7, 11) is 1.68. The van der Waals surface area contributed by atoms with Gasteiger partial charge in [-0.3, -0.25) is 9.69 Å². The molecule has 1 fully saturated rings. The van der Waals surface area contributed by atoms with Crippen LogP contribution in [0, 0.1) is 27.3 Å². The molecule has 1 aliphatic rings. The van der Waals surface area contributed by atoms with E-state index in [4.69, 9.17) is 25.4 Å². The van der Waals surface area contributed by atoms with Crippen molar-refractivity contribution in [3.8, 4) is 28.3 Å². The number of aliphatic hydroxyl groups excluding tert-OH is 1. The van der Waals surface area contributed by atoms with Crippen LogP contribution in [0.5, 0.6) is 5.75 Å². The SMILES string of the molecule is [C-]#[N+]c1cc(CN2CC[C@@H](OC=O)C2)cc2nc(-c3cccc(-c4cccc(/C=C/c5cc(OC)c(CN[C@@H](C)CO)cc5C)c4C)c3C)oc12. The molecule has 0 radical (unpaired) electrons. The van der Waals surface area contributed by atoms with E-state index in [1.165, 1.54) is 0 Å². The molecule has 0 amide bonds. The summed E-state index contributed by atoms with van der Waals surface area (Å²) in [4.78, 5) is 21.7. The molecule has 2 heterocycles. The van der Waals surface area contributed by atoms with Crippen molar-refractivity contribution in [1.82, 2.24) is 15.2 Å². The quantitative estimate of drug-likeness (QED) is 0.0731. The summed E-state index contributed by atoms with van der Waals surface area (Å²) in [5, 5.41) is 12.7. The van der Waals surface area contributed by atoms with Gasteiger partial charge in [-0.25, -0.2) is 9.83 Å². The Labute approximate surface area is 299 Å². The molecule has 6 rings (SSSR count). The van der Waals surface area contributed by atoms with E-state index in [-0.39, 0.29) is 18.8 Å². The Bertz CT molecular complexity index is 2130. The zero-order chi connectivity index (χ0) is 36.1. The number of benzene rings is 4. The van der Waals surface area contributed by atoms with Crippen LogP contribution in [0.15, 0.2) is 65.1 Å². The molecular formula is C42H44N4O5. The first-order valence-electron chi connectivity index (χ1n) is 17.2. The van der Waals surface area contributed by atoms with E-state index >= 15 is 0 Å². The second-order valence-electron chi connectivity index (χ2n) is 13.3. The first-order valence-corrected chi connectivity index (χ1v) is 17.2. The number of rotatable bonds is 13. The van der Waals surface area contributed by atoms with Crippen molar-refractivity contribution in [3.05, 3.63) is 111 Å². The number of fused-ring (bicyclic) bond motifs is 1. The maximum Gasteiger partial charge on any atom is 0.293 e. The zero-order valence-corrected chi connectivity index (χ0v) is 29.8. The van der Waals surface area contributed by atoms with E-state index in [1.54, 1.807) is 7.11 Å². The standard InChI is InChI=1S/C42H44N4O5/c1-26-17-33(21-44-27(2)24-47)40(49-6)20-32(26)14-13-31-9-7-10-35(28(31)3)36-11-8-12-37(29(36)4)42-45-39-19-30(18-38(43-5)41(39)51-42)22-46-16-15-34(23-46)50-25-48/h7-14,17-20,25,27,34,44,47H,15-16,21-24H2,1-4,6H3/b14-13+/t27-,34+/m0/s1. The molecule has 2 N–H and O–H groups in total. The van der Waals surface area contributed by atoms with Gasteiger partial charge in [-0.15, -0.1) is 0 Å². The molecule has 0 aliphatic carbocycles. The molecule has 9 nitrogen and oxygen atoms in total. The van der Waals surface area contributed by atoms with E-state index in [0.29, 0.717) is 48.8 Å². The van der Waals surface area contributed by atoms with Crippen molar-refractivity contribution in [2.75, 3.05) is 26.8 Å². The number of likely N-dealkylation sites (tertiary alicyclic amines) is 1. The molecular weight excluding hydrogens is 640 g/mol. The third-order valence-corrected chi connectivity index (χ3v) is 9.79. The van der Waals surface area contributed by atoms with Crippen LogP contribution < -0.4 is 10.1 Å². The number of hydrogen-bond acceptors (Lipinski definition) is 8. The normalized spacial score (nSPS) is 15.4. The van der Waals surface area contributed by atoms with Crippen molar-refractivity contribution in [2.24, 2.45) is 0 Å². The summed E-state index contributed by atoms with van der Waals surface area (Å²) >= 11 is 0. The first kappa shape index (κ1) is 35.6. The third-order valence-electron chi connectivity index (χ3n) is 9.79. The molecule has 51 heavy (non-hydrogen) atoms. The van der Waals surface area contributed by atoms with Crippen molar-refractivity contribution < 1.29 is 23.8 Å². The summed E-state index contributed by atoms with van der Waals surface area (Å²) in [5.74, 6) is 1.29. The average molecular weight is 685 g/mol. The minimum Gasteiger partial charge on any atom is -0.496 e. The predicted molar refractivity (Wildman–Crippen MR) is 201 cm³/mol. The van der Waals surface area contributed by atoms with Crippen LogP contribution in [0.25, 0.3) is 50.7 Å². The molecule has 0 bridgehead atoms. The van der Waals surface area contributed by atoms with Gasteiger partial charge in [0.15, 0.2) is 5.58 Å². The average Bonchev–Trinajstić information content (AvgIpc) is 3.77. The number of oxazole rings is 1. The van der Waals surface area contributed by atoms with Gasteiger partial charge in [0, 0.05) is 43.3 Å². The highest BCUT2D eigenvalue weighted by atomic mass is 16.5. The highest BCUT2D eigenvalue weighted by Crippen LogP contribution is 2.38. The number of nitrogens with one attached hydrogen (secondary N) is 1. The Kier molecular flexibility index (Phi) is 11.0. The number of nitrogens with zero attached hydrogens (tertiary/aromatic N) is 3. The van der Waals surface area contributed by atoms with E-state index in [1.807, 2.05) is 31.2 Å². The summed E-state index contributed by atoms with van der Waals surface area (Å²) in [6.07, 6.45) is 4.98. The van der Waals surface area contributed by atoms with Crippen LogP contribution in [0.4, 0.5) is 5.69 Å². The van der Waals surface area contributed by atoms with Crippen molar-refractivity contribution in [2.45, 2.75) is 59.4 Å². The van der Waals surface area contributed by atoms with E-state index < -0.39 is 0 Å². The Morgan fingerprint density at radius 1 is 1.06 bits per heavy atom. The van der Waals surface area contributed by atoms with Gasteiger partial charge in [-0.2, -0.15) is 0 Å². The Morgan fingerprint density at radius 3 is 2.55 bits per heavy atom. The largest absolute Gasteiger partial charge is 0.496 e. The Balaban J connectivity index is 1.27. The van der Waals surface area contributed by atoms with Gasteiger partial charge in [-0.05, 0) is 103 Å². The monoisotopic (exact) mass is 684 g/mol. The van der Waals surface area contributed by atoms with Crippen LogP contribution in [-0.4, -0.2) is 60.4 Å².